The van der Waals surface area contributed by atoms with E-state index in [-0.39, 0.29) is 35.1 Å². The van der Waals surface area contributed by atoms with Crippen LogP contribution in [0.25, 0.3) is 0 Å². The van der Waals surface area contributed by atoms with Crippen LogP contribution < -0.4 is 11.1 Å². The number of carboxylic acids is 1. The molecule has 0 spiro atoms. The molecule has 1 aliphatic rings. The predicted octanol–water partition coefficient (Wildman–Crippen LogP) is 1.61. The largest absolute Gasteiger partial charge is 0.481 e. The SMILES string of the molecule is CC(CCN)C(=O)NC1CCC(C(=O)O)C(C)(C)C1C. The van der Waals surface area contributed by atoms with Crippen molar-refractivity contribution in [1.29, 1.82) is 0 Å². The van der Waals surface area contributed by atoms with Gasteiger partial charge in [0, 0.05) is 12.0 Å². The average Bonchev–Trinajstić information content (AvgIpc) is 2.34. The van der Waals surface area contributed by atoms with Gasteiger partial charge in [-0.15, -0.1) is 0 Å². The third-order valence-electron chi connectivity index (χ3n) is 5.11. The quantitative estimate of drug-likeness (QED) is 0.715. The molecule has 0 bridgehead atoms. The van der Waals surface area contributed by atoms with Gasteiger partial charge in [0.15, 0.2) is 0 Å². The second-order valence-electron chi connectivity index (χ2n) is 6.67. The Bertz CT molecular complexity index is 368. The Hall–Kier alpha value is -1.10. The standard InChI is InChI=1S/C15H28N2O3/c1-9(7-8-16)13(18)17-12-6-5-11(14(19)20)15(3,4)10(12)2/h9-12H,5-8,16H2,1-4H3,(H,17,18)(H,19,20). The molecule has 20 heavy (non-hydrogen) atoms. The molecule has 1 amide bonds. The summed E-state index contributed by atoms with van der Waals surface area (Å²) in [6.07, 6.45) is 2.01. The van der Waals surface area contributed by atoms with E-state index in [0.29, 0.717) is 19.4 Å². The molecule has 5 nitrogen and oxygen atoms in total. The van der Waals surface area contributed by atoms with E-state index < -0.39 is 5.97 Å². The highest BCUT2D eigenvalue weighted by Crippen LogP contribution is 2.45. The molecule has 5 heteroatoms. The van der Waals surface area contributed by atoms with Gasteiger partial charge in [-0.25, -0.2) is 0 Å². The Balaban J connectivity index is 2.71. The first-order chi connectivity index (χ1) is 9.21. The molecule has 0 radical (unpaired) electrons. The number of hydrogen-bond donors (Lipinski definition) is 3. The van der Waals surface area contributed by atoms with Gasteiger partial charge >= 0.3 is 5.97 Å². The normalized spacial score (nSPS) is 30.6. The number of rotatable bonds is 5. The average molecular weight is 284 g/mol. The topological polar surface area (TPSA) is 92.4 Å². The third-order valence-corrected chi connectivity index (χ3v) is 5.11. The molecule has 1 saturated carbocycles. The van der Waals surface area contributed by atoms with Crippen LogP contribution in [0.1, 0.15) is 47.0 Å². The van der Waals surface area contributed by atoms with Crippen LogP contribution in [0.15, 0.2) is 0 Å². The van der Waals surface area contributed by atoms with Gasteiger partial charge in [0.2, 0.25) is 5.91 Å². The van der Waals surface area contributed by atoms with Gasteiger partial charge in [-0.1, -0.05) is 27.7 Å². The summed E-state index contributed by atoms with van der Waals surface area (Å²) in [5, 5.41) is 12.4. The van der Waals surface area contributed by atoms with Gasteiger partial charge in [-0.3, -0.25) is 9.59 Å². The number of nitrogens with one attached hydrogen (secondary N) is 1. The molecule has 4 atom stereocenters. The predicted molar refractivity (Wildman–Crippen MR) is 78.1 cm³/mol. The molecule has 4 unspecified atom stereocenters. The van der Waals surface area contributed by atoms with Crippen molar-refractivity contribution in [3.63, 3.8) is 0 Å². The summed E-state index contributed by atoms with van der Waals surface area (Å²) in [7, 11) is 0. The smallest absolute Gasteiger partial charge is 0.307 e. The molecule has 0 heterocycles. The fourth-order valence-electron chi connectivity index (χ4n) is 3.15. The zero-order valence-corrected chi connectivity index (χ0v) is 13.0. The van der Waals surface area contributed by atoms with Gasteiger partial charge in [0.25, 0.3) is 0 Å². The van der Waals surface area contributed by atoms with Crippen LogP contribution in [-0.2, 0) is 9.59 Å². The van der Waals surface area contributed by atoms with Crippen molar-refractivity contribution in [3.8, 4) is 0 Å². The van der Waals surface area contributed by atoms with Crippen LogP contribution in [0.4, 0.5) is 0 Å². The number of carbonyl (C=O) groups is 2. The number of carbonyl (C=O) groups excluding carboxylic acids is 1. The lowest BCUT2D eigenvalue weighted by atomic mass is 9.61. The maximum absolute atomic E-state index is 12.1. The lowest BCUT2D eigenvalue weighted by Gasteiger charge is -2.46. The lowest BCUT2D eigenvalue weighted by molar-refractivity contribution is -0.150. The monoisotopic (exact) mass is 284 g/mol. The molecule has 4 N–H and O–H groups in total. The first-order valence-electron chi connectivity index (χ1n) is 7.45. The fraction of sp³-hybridized carbons (Fsp3) is 0.867. The van der Waals surface area contributed by atoms with E-state index in [4.69, 9.17) is 5.73 Å². The Morgan fingerprint density at radius 1 is 1.40 bits per heavy atom. The van der Waals surface area contributed by atoms with Crippen molar-refractivity contribution in [2.75, 3.05) is 6.54 Å². The van der Waals surface area contributed by atoms with E-state index in [9.17, 15) is 14.7 Å². The van der Waals surface area contributed by atoms with E-state index in [0.717, 1.165) is 6.42 Å². The van der Waals surface area contributed by atoms with Crippen molar-refractivity contribution in [2.24, 2.45) is 28.9 Å². The van der Waals surface area contributed by atoms with Crippen molar-refractivity contribution in [2.45, 2.75) is 53.0 Å². The summed E-state index contributed by atoms with van der Waals surface area (Å²) < 4.78 is 0. The fourth-order valence-corrected chi connectivity index (χ4v) is 3.15. The summed E-state index contributed by atoms with van der Waals surface area (Å²) in [4.78, 5) is 23.4. The van der Waals surface area contributed by atoms with Gasteiger partial charge in [-0.2, -0.15) is 0 Å². The first kappa shape index (κ1) is 17.0. The molecular formula is C15H28N2O3. The van der Waals surface area contributed by atoms with Gasteiger partial charge < -0.3 is 16.2 Å². The van der Waals surface area contributed by atoms with Crippen LogP contribution in [0.5, 0.6) is 0 Å². The maximum atomic E-state index is 12.1. The minimum Gasteiger partial charge on any atom is -0.481 e. The maximum Gasteiger partial charge on any atom is 0.307 e. The molecule has 1 fully saturated rings. The highest BCUT2D eigenvalue weighted by molar-refractivity contribution is 5.78. The molecule has 116 valence electrons. The van der Waals surface area contributed by atoms with Gasteiger partial charge in [-0.05, 0) is 37.1 Å². The van der Waals surface area contributed by atoms with E-state index in [1.807, 2.05) is 27.7 Å². The number of aliphatic carboxylic acids is 1. The van der Waals surface area contributed by atoms with Gasteiger partial charge in [0.1, 0.15) is 0 Å². The summed E-state index contributed by atoms with van der Waals surface area (Å²) in [5.74, 6) is -1.01. The van der Waals surface area contributed by atoms with Crippen LogP contribution in [0.2, 0.25) is 0 Å². The molecule has 1 aliphatic carbocycles. The van der Waals surface area contributed by atoms with Crippen LogP contribution in [0.3, 0.4) is 0 Å². The van der Waals surface area contributed by atoms with Crippen molar-refractivity contribution >= 4 is 11.9 Å². The lowest BCUT2D eigenvalue weighted by Crippen LogP contribution is -2.53. The third kappa shape index (κ3) is 3.51. The van der Waals surface area contributed by atoms with Crippen LogP contribution in [-0.4, -0.2) is 29.6 Å². The summed E-state index contributed by atoms with van der Waals surface area (Å²) >= 11 is 0. The van der Waals surface area contributed by atoms with E-state index in [2.05, 4.69) is 5.32 Å². The van der Waals surface area contributed by atoms with Crippen LogP contribution in [0, 0.1) is 23.2 Å². The first-order valence-corrected chi connectivity index (χ1v) is 7.45. The highest BCUT2D eigenvalue weighted by Gasteiger charge is 2.46. The number of amides is 1. The van der Waals surface area contributed by atoms with E-state index in [1.165, 1.54) is 0 Å². The minimum atomic E-state index is -0.733. The molecule has 1 rings (SSSR count). The molecule has 0 aliphatic heterocycles. The molecule has 0 saturated heterocycles. The summed E-state index contributed by atoms with van der Waals surface area (Å²) in [6.45, 7) is 8.38. The molecule has 0 aromatic carbocycles. The zero-order valence-electron chi connectivity index (χ0n) is 13.0. The second kappa shape index (κ2) is 6.57. The highest BCUT2D eigenvalue weighted by atomic mass is 16.4. The van der Waals surface area contributed by atoms with E-state index >= 15 is 0 Å². The minimum absolute atomic E-state index is 0.0249. The van der Waals surface area contributed by atoms with Crippen molar-refractivity contribution in [3.05, 3.63) is 0 Å². The Labute approximate surface area is 121 Å². The zero-order chi connectivity index (χ0) is 15.5. The van der Waals surface area contributed by atoms with Crippen molar-refractivity contribution in [1.82, 2.24) is 5.32 Å². The number of hydrogen-bond acceptors (Lipinski definition) is 3. The molecular weight excluding hydrogens is 256 g/mol. The summed E-state index contributed by atoms with van der Waals surface area (Å²) in [5.41, 5.74) is 5.16. The Morgan fingerprint density at radius 2 is 2.00 bits per heavy atom. The second-order valence-corrected chi connectivity index (χ2v) is 6.67. The molecule has 0 aromatic heterocycles. The Kier molecular flexibility index (Phi) is 5.57. The number of nitrogens with two attached hydrogens (primary N) is 1. The molecule has 0 aromatic rings. The Morgan fingerprint density at radius 3 is 2.50 bits per heavy atom. The summed E-state index contributed by atoms with van der Waals surface area (Å²) in [6, 6.07) is 0.0494. The van der Waals surface area contributed by atoms with E-state index in [1.54, 1.807) is 0 Å². The van der Waals surface area contributed by atoms with Gasteiger partial charge in [0.05, 0.1) is 5.92 Å². The number of carboxylic acid groups (broad SMARTS) is 1. The van der Waals surface area contributed by atoms with Crippen LogP contribution >= 0.6 is 0 Å². The van der Waals surface area contributed by atoms with Crippen molar-refractivity contribution < 1.29 is 14.7 Å².